The Morgan fingerprint density at radius 2 is 0.825 bits per heavy atom. The molecule has 0 aliphatic heterocycles. The summed E-state index contributed by atoms with van der Waals surface area (Å²) in [5.41, 5.74) is 5.53. The molecule has 0 fully saturated rings. The number of benzene rings is 4. The van der Waals surface area contributed by atoms with Gasteiger partial charge in [-0.2, -0.15) is 0 Å². The number of aryl methyl sites for hydroxylation is 2. The number of rotatable bonds is 0. The van der Waals surface area contributed by atoms with Crippen molar-refractivity contribution >= 4 is 70.6 Å². The Morgan fingerprint density at radius 3 is 1.20 bits per heavy atom. The Hall–Kier alpha value is -2.62. The fourth-order valence-corrected chi connectivity index (χ4v) is 5.78. The maximum atomic E-state index is 2.31. The standard InChI is InChI=1S/2C16H12N.C2H6Si.2ClH.Zr/c2*1-17-15-9-5-4-8-13(15)14-10-11-6-2-3-7-12(11)16(14)17;1-3-2;;;/h2*2-10H,1H3;1-2H3;2*1H;/q2*-1;;;;+2/p-2. The summed E-state index contributed by atoms with van der Waals surface area (Å²) in [5, 5.41) is 10.8. The number of fused-ring (bicyclic) bond motifs is 10. The van der Waals surface area contributed by atoms with E-state index >= 15 is 0 Å². The summed E-state index contributed by atoms with van der Waals surface area (Å²) in [4.78, 5) is 0. The predicted molar refractivity (Wildman–Crippen MR) is 165 cm³/mol. The van der Waals surface area contributed by atoms with Gasteiger partial charge in [0.05, 0.1) is 0 Å². The summed E-state index contributed by atoms with van der Waals surface area (Å²) < 4.78 is 4.60. The molecule has 2 nitrogen and oxygen atoms in total. The zero-order valence-corrected chi connectivity index (χ0v) is 28.0. The minimum atomic E-state index is 0. The number of hydrogen-bond donors (Lipinski definition) is 0. The van der Waals surface area contributed by atoms with E-state index in [0.717, 1.165) is 0 Å². The second-order valence-corrected chi connectivity index (χ2v) is 19.5. The Bertz CT molecular complexity index is 1950. The molecule has 0 saturated heterocycles. The third-order valence-corrected chi connectivity index (χ3v) is 7.32. The summed E-state index contributed by atoms with van der Waals surface area (Å²) in [6.07, 6.45) is 0. The molecule has 0 spiro atoms. The minimum Gasteiger partial charge on any atom is -1.00 e. The minimum absolute atomic E-state index is 0. The largest absolute Gasteiger partial charge is 1.00 e. The first kappa shape index (κ1) is 30.3. The molecule has 0 aliphatic carbocycles. The predicted octanol–water partition coefficient (Wildman–Crippen LogP) is 3.20. The van der Waals surface area contributed by atoms with Gasteiger partial charge in [0.1, 0.15) is 0 Å². The quantitative estimate of drug-likeness (QED) is 0.176. The maximum Gasteiger partial charge on any atom is 0.00712 e. The van der Waals surface area contributed by atoms with E-state index in [1.807, 2.05) is 0 Å². The van der Waals surface area contributed by atoms with Crippen LogP contribution in [0.4, 0.5) is 0 Å². The molecule has 0 unspecified atom stereocenters. The van der Waals surface area contributed by atoms with E-state index in [2.05, 4.69) is 146 Å². The first-order valence-corrected chi connectivity index (χ1v) is 19.2. The normalized spacial score (nSPS) is 10.8. The van der Waals surface area contributed by atoms with Crippen LogP contribution >= 0.6 is 0 Å². The van der Waals surface area contributed by atoms with Crippen molar-refractivity contribution in [1.82, 2.24) is 9.13 Å². The number of nitrogens with zero attached hydrogens (tertiary/aromatic N) is 2. The fourth-order valence-electron chi connectivity index (χ4n) is 5.78. The molecule has 8 rings (SSSR count). The molecule has 40 heavy (non-hydrogen) atoms. The molecule has 2 aromatic heterocycles. The van der Waals surface area contributed by atoms with E-state index < -0.39 is 0 Å². The van der Waals surface area contributed by atoms with Gasteiger partial charge in [-0.1, -0.05) is 105 Å². The van der Waals surface area contributed by atoms with Gasteiger partial charge in [0.25, 0.3) is 0 Å². The average molecular weight is 657 g/mol. The zero-order valence-electron chi connectivity index (χ0n) is 23.0. The van der Waals surface area contributed by atoms with Gasteiger partial charge in [0.2, 0.25) is 0 Å². The van der Waals surface area contributed by atoms with Gasteiger partial charge in [0.15, 0.2) is 0 Å². The molecule has 0 bridgehead atoms. The third kappa shape index (κ3) is 5.23. The van der Waals surface area contributed by atoms with Crippen LogP contribution < -0.4 is 24.8 Å². The van der Waals surface area contributed by atoms with Crippen molar-refractivity contribution in [2.24, 2.45) is 14.1 Å². The van der Waals surface area contributed by atoms with E-state index in [1.54, 1.807) is 23.3 Å². The van der Waals surface area contributed by atoms with Crippen LogP contribution in [0.25, 0.3) is 65.2 Å². The molecular formula is C34H30Cl2N2SiZr-2. The topological polar surface area (TPSA) is 9.86 Å². The van der Waals surface area contributed by atoms with Gasteiger partial charge >= 0.3 is 41.9 Å². The Morgan fingerprint density at radius 1 is 0.525 bits per heavy atom. The van der Waals surface area contributed by atoms with Crippen LogP contribution in [0.3, 0.4) is 0 Å². The molecule has 0 radical (unpaired) electrons. The first-order valence-electron chi connectivity index (χ1n) is 13.0. The summed E-state index contributed by atoms with van der Waals surface area (Å²) >= 11 is 1.74. The van der Waals surface area contributed by atoms with Crippen molar-refractivity contribution in [3.63, 3.8) is 0 Å². The van der Waals surface area contributed by atoms with Crippen LogP contribution in [0.2, 0.25) is 13.1 Å². The van der Waals surface area contributed by atoms with Crippen LogP contribution in [0.1, 0.15) is 0 Å². The van der Waals surface area contributed by atoms with Crippen molar-refractivity contribution in [1.29, 1.82) is 0 Å². The molecule has 0 amide bonds. The molecule has 0 atom stereocenters. The molecule has 0 N–H and O–H groups in total. The Balaban J connectivity index is 0.000000157. The fraction of sp³-hybridized carbons (Fsp3) is 0.118. The van der Waals surface area contributed by atoms with Crippen LogP contribution in [0.5, 0.6) is 0 Å². The van der Waals surface area contributed by atoms with Crippen molar-refractivity contribution in [2.45, 2.75) is 13.1 Å². The average Bonchev–Trinajstić information content (AvgIpc) is 3.64. The first-order chi connectivity index (χ1) is 18.5. The van der Waals surface area contributed by atoms with Gasteiger partial charge in [-0.3, -0.25) is 0 Å². The number of halogens is 2. The van der Waals surface area contributed by atoms with Gasteiger partial charge < -0.3 is 33.9 Å². The summed E-state index contributed by atoms with van der Waals surface area (Å²) in [6, 6.07) is 39.0. The van der Waals surface area contributed by atoms with Crippen molar-refractivity contribution in [2.75, 3.05) is 0 Å². The molecule has 0 saturated carbocycles. The molecular weight excluding hydrogens is 627 g/mol. The summed E-state index contributed by atoms with van der Waals surface area (Å²) in [6.45, 7) is 4.62. The van der Waals surface area contributed by atoms with Crippen LogP contribution in [0.15, 0.2) is 109 Å². The van der Waals surface area contributed by atoms with E-state index in [1.165, 1.54) is 65.2 Å². The number of hydrogen-bond acceptors (Lipinski definition) is 0. The van der Waals surface area contributed by atoms with E-state index in [-0.39, 0.29) is 30.2 Å². The monoisotopic (exact) mass is 654 g/mol. The Kier molecular flexibility index (Phi) is 9.47. The summed E-state index contributed by atoms with van der Waals surface area (Å²) in [5.74, 6) is 0. The Labute approximate surface area is 262 Å². The van der Waals surface area contributed by atoms with Gasteiger partial charge in [0, 0.05) is 25.1 Å². The third-order valence-electron chi connectivity index (χ3n) is 7.32. The maximum absolute atomic E-state index is 2.31. The molecule has 6 aromatic carbocycles. The van der Waals surface area contributed by atoms with E-state index in [0.29, 0.717) is 0 Å². The SMILES string of the molecule is C[Si](C)=[Zr+2].Cn1c2ccccc2c2[cH-]c3ccccc3c21.Cn1c2ccccc2c2[cH-]c3ccccc3c21.[Cl-].[Cl-]. The van der Waals surface area contributed by atoms with E-state index in [9.17, 15) is 0 Å². The van der Waals surface area contributed by atoms with Crippen molar-refractivity contribution in [3.05, 3.63) is 109 Å². The molecule has 200 valence electrons. The molecule has 6 heteroatoms. The van der Waals surface area contributed by atoms with Crippen LogP contribution in [0, 0.1) is 0 Å². The second kappa shape index (κ2) is 12.5. The smallest absolute Gasteiger partial charge is 0.00712 e. The van der Waals surface area contributed by atoms with Gasteiger partial charge in [-0.25, -0.2) is 0 Å². The van der Waals surface area contributed by atoms with Crippen molar-refractivity contribution < 1.29 is 48.1 Å². The van der Waals surface area contributed by atoms with Crippen molar-refractivity contribution in [3.8, 4) is 0 Å². The van der Waals surface area contributed by atoms with Crippen LogP contribution in [-0.2, 0) is 37.4 Å². The molecule has 0 aliphatic rings. The number of para-hydroxylation sites is 2. The number of aromatic nitrogens is 2. The van der Waals surface area contributed by atoms with E-state index in [4.69, 9.17) is 0 Å². The molecule has 2 heterocycles. The molecule has 8 aromatic rings. The second-order valence-electron chi connectivity index (χ2n) is 10.1. The van der Waals surface area contributed by atoms with Crippen LogP contribution in [-0.4, -0.2) is 14.6 Å². The summed E-state index contributed by atoms with van der Waals surface area (Å²) in [7, 11) is 4.30. The van der Waals surface area contributed by atoms with Gasteiger partial charge in [-0.15, -0.1) is 35.0 Å². The zero-order chi connectivity index (χ0) is 26.4. The van der Waals surface area contributed by atoms with Gasteiger partial charge in [-0.05, 0) is 23.2 Å².